The van der Waals surface area contributed by atoms with Crippen LogP contribution < -0.4 is 5.32 Å². The summed E-state index contributed by atoms with van der Waals surface area (Å²) in [5.74, 6) is -2.23. The van der Waals surface area contributed by atoms with Gasteiger partial charge in [-0.2, -0.15) is 0 Å². The fourth-order valence-electron chi connectivity index (χ4n) is 1.48. The van der Waals surface area contributed by atoms with Crippen LogP contribution in [0.25, 0.3) is 0 Å². The van der Waals surface area contributed by atoms with E-state index in [2.05, 4.69) is 5.32 Å². The van der Waals surface area contributed by atoms with Crippen LogP contribution in [0, 0.1) is 5.82 Å². The van der Waals surface area contributed by atoms with E-state index in [-0.39, 0.29) is 17.9 Å². The number of carbonyl (C=O) groups is 2. The van der Waals surface area contributed by atoms with Gasteiger partial charge in [0.1, 0.15) is 12.1 Å². The fourth-order valence-corrected chi connectivity index (χ4v) is 1.48. The third-order valence-electron chi connectivity index (χ3n) is 2.41. The number of carboxylic acid groups (broad SMARTS) is 1. The molecule has 0 aliphatic carbocycles. The molecular formula is C13H10FNO4. The van der Waals surface area contributed by atoms with Crippen LogP contribution in [-0.4, -0.2) is 17.0 Å². The third kappa shape index (κ3) is 3.19. The van der Waals surface area contributed by atoms with Crippen LogP contribution in [-0.2, 0) is 6.54 Å². The SMILES string of the molecule is O=C(O)c1coc(C(=O)NCc2cccc(F)c2)c1. The molecule has 0 fully saturated rings. The molecule has 1 amide bonds. The maximum absolute atomic E-state index is 12.9. The number of carbonyl (C=O) groups excluding carboxylic acids is 1. The molecule has 1 heterocycles. The van der Waals surface area contributed by atoms with Crippen molar-refractivity contribution < 1.29 is 23.5 Å². The summed E-state index contributed by atoms with van der Waals surface area (Å²) in [5, 5.41) is 11.2. The van der Waals surface area contributed by atoms with Crippen LogP contribution >= 0.6 is 0 Å². The van der Waals surface area contributed by atoms with E-state index in [0.717, 1.165) is 12.3 Å². The summed E-state index contributed by atoms with van der Waals surface area (Å²) in [7, 11) is 0. The number of nitrogens with one attached hydrogen (secondary N) is 1. The first-order valence-corrected chi connectivity index (χ1v) is 5.41. The monoisotopic (exact) mass is 263 g/mol. The molecule has 2 rings (SSSR count). The zero-order valence-corrected chi connectivity index (χ0v) is 9.72. The van der Waals surface area contributed by atoms with Gasteiger partial charge in [-0.15, -0.1) is 0 Å². The number of furan rings is 1. The molecule has 0 radical (unpaired) electrons. The summed E-state index contributed by atoms with van der Waals surface area (Å²) >= 11 is 0. The molecule has 5 nitrogen and oxygen atoms in total. The molecule has 0 aliphatic rings. The highest BCUT2D eigenvalue weighted by Gasteiger charge is 2.14. The summed E-state index contributed by atoms with van der Waals surface area (Å²) in [5.41, 5.74) is 0.495. The molecule has 1 aromatic heterocycles. The Labute approximate surface area is 107 Å². The first-order valence-electron chi connectivity index (χ1n) is 5.41. The van der Waals surface area contributed by atoms with Gasteiger partial charge < -0.3 is 14.8 Å². The van der Waals surface area contributed by atoms with Gasteiger partial charge in [-0.3, -0.25) is 4.79 Å². The number of benzene rings is 1. The lowest BCUT2D eigenvalue weighted by atomic mass is 10.2. The first kappa shape index (κ1) is 12.8. The normalized spacial score (nSPS) is 10.2. The Balaban J connectivity index is 1.99. The zero-order valence-electron chi connectivity index (χ0n) is 9.72. The molecule has 0 bridgehead atoms. The highest BCUT2D eigenvalue weighted by Crippen LogP contribution is 2.08. The largest absolute Gasteiger partial charge is 0.478 e. The van der Waals surface area contributed by atoms with Crippen LogP contribution in [0.1, 0.15) is 26.5 Å². The van der Waals surface area contributed by atoms with E-state index >= 15 is 0 Å². The summed E-state index contributed by atoms with van der Waals surface area (Å²) < 4.78 is 17.7. The van der Waals surface area contributed by atoms with Crippen molar-refractivity contribution in [2.45, 2.75) is 6.54 Å². The van der Waals surface area contributed by atoms with Gasteiger partial charge >= 0.3 is 5.97 Å². The number of amides is 1. The van der Waals surface area contributed by atoms with Crippen molar-refractivity contribution in [1.29, 1.82) is 0 Å². The van der Waals surface area contributed by atoms with Crippen molar-refractivity contribution in [1.82, 2.24) is 5.32 Å². The quantitative estimate of drug-likeness (QED) is 0.884. The Morgan fingerprint density at radius 1 is 1.32 bits per heavy atom. The van der Waals surface area contributed by atoms with Gasteiger partial charge in [-0.25, -0.2) is 9.18 Å². The standard InChI is InChI=1S/C13H10FNO4/c14-10-3-1-2-8(4-10)6-15-12(16)11-5-9(7-19-11)13(17)18/h1-5,7H,6H2,(H,15,16)(H,17,18). The molecule has 0 saturated carbocycles. The third-order valence-corrected chi connectivity index (χ3v) is 2.41. The summed E-state index contributed by atoms with van der Waals surface area (Å²) in [6.45, 7) is 0.125. The van der Waals surface area contributed by atoms with Crippen LogP contribution in [0.4, 0.5) is 4.39 Å². The van der Waals surface area contributed by atoms with Crippen LogP contribution in [0.15, 0.2) is 41.0 Å². The molecule has 0 aliphatic heterocycles. The Hall–Kier alpha value is -2.63. The van der Waals surface area contributed by atoms with Crippen molar-refractivity contribution in [2.75, 3.05) is 0 Å². The highest BCUT2D eigenvalue weighted by atomic mass is 19.1. The zero-order chi connectivity index (χ0) is 13.8. The summed E-state index contributed by atoms with van der Waals surface area (Å²) in [6.07, 6.45) is 0.986. The van der Waals surface area contributed by atoms with Crippen molar-refractivity contribution >= 4 is 11.9 Å². The molecule has 0 saturated heterocycles. The van der Waals surface area contributed by atoms with E-state index in [1.807, 2.05) is 0 Å². The van der Waals surface area contributed by atoms with E-state index in [9.17, 15) is 14.0 Å². The number of carboxylic acids is 1. The number of hydrogen-bond donors (Lipinski definition) is 2. The maximum Gasteiger partial charge on any atom is 0.338 e. The minimum absolute atomic E-state index is 0.101. The minimum Gasteiger partial charge on any atom is -0.478 e. The van der Waals surface area contributed by atoms with E-state index in [1.54, 1.807) is 6.07 Å². The van der Waals surface area contributed by atoms with Crippen molar-refractivity contribution in [2.24, 2.45) is 0 Å². The fraction of sp³-hybridized carbons (Fsp3) is 0.0769. The second kappa shape index (κ2) is 5.34. The smallest absolute Gasteiger partial charge is 0.338 e. The molecule has 1 aromatic carbocycles. The number of hydrogen-bond acceptors (Lipinski definition) is 3. The predicted octanol–water partition coefficient (Wildman–Crippen LogP) is 2.05. The molecule has 0 atom stereocenters. The lowest BCUT2D eigenvalue weighted by Gasteiger charge is -2.03. The second-order valence-corrected chi connectivity index (χ2v) is 3.82. The van der Waals surface area contributed by atoms with Gasteiger partial charge in [0.15, 0.2) is 5.76 Å². The predicted molar refractivity (Wildman–Crippen MR) is 63.2 cm³/mol. The van der Waals surface area contributed by atoms with Crippen LogP contribution in [0.5, 0.6) is 0 Å². The maximum atomic E-state index is 12.9. The van der Waals surface area contributed by atoms with Crippen molar-refractivity contribution in [3.05, 3.63) is 59.3 Å². The lowest BCUT2D eigenvalue weighted by Crippen LogP contribution is -2.22. The Morgan fingerprint density at radius 2 is 2.11 bits per heavy atom. The molecule has 0 spiro atoms. The van der Waals surface area contributed by atoms with Gasteiger partial charge in [0.05, 0.1) is 5.56 Å². The first-order chi connectivity index (χ1) is 9.06. The van der Waals surface area contributed by atoms with E-state index in [1.165, 1.54) is 18.2 Å². The molecular weight excluding hydrogens is 253 g/mol. The molecule has 0 unspecified atom stereocenters. The van der Waals surface area contributed by atoms with Crippen LogP contribution in [0.3, 0.4) is 0 Å². The average molecular weight is 263 g/mol. The molecule has 19 heavy (non-hydrogen) atoms. The topological polar surface area (TPSA) is 79.5 Å². The van der Waals surface area contributed by atoms with Crippen molar-refractivity contribution in [3.8, 4) is 0 Å². The average Bonchev–Trinajstić information content (AvgIpc) is 2.86. The number of halogens is 1. The Morgan fingerprint density at radius 3 is 2.74 bits per heavy atom. The minimum atomic E-state index is -1.17. The second-order valence-electron chi connectivity index (χ2n) is 3.82. The molecule has 2 N–H and O–H groups in total. The Bertz CT molecular complexity index is 621. The highest BCUT2D eigenvalue weighted by molar-refractivity contribution is 5.95. The number of aromatic carboxylic acids is 1. The lowest BCUT2D eigenvalue weighted by molar-refractivity contribution is 0.0696. The molecule has 98 valence electrons. The van der Waals surface area contributed by atoms with E-state index < -0.39 is 17.7 Å². The Kier molecular flexibility index (Phi) is 3.61. The number of rotatable bonds is 4. The van der Waals surface area contributed by atoms with Gasteiger partial charge in [-0.05, 0) is 17.7 Å². The van der Waals surface area contributed by atoms with E-state index in [4.69, 9.17) is 9.52 Å². The van der Waals surface area contributed by atoms with Gasteiger partial charge in [0.2, 0.25) is 0 Å². The van der Waals surface area contributed by atoms with E-state index in [0.29, 0.717) is 5.56 Å². The summed E-state index contributed by atoms with van der Waals surface area (Å²) in [4.78, 5) is 22.3. The van der Waals surface area contributed by atoms with Gasteiger partial charge in [-0.1, -0.05) is 12.1 Å². The van der Waals surface area contributed by atoms with Crippen LogP contribution in [0.2, 0.25) is 0 Å². The molecule has 6 heteroatoms. The summed E-state index contributed by atoms with van der Waals surface area (Å²) in [6, 6.07) is 6.92. The molecule has 2 aromatic rings. The van der Waals surface area contributed by atoms with Gasteiger partial charge in [0.25, 0.3) is 5.91 Å². The van der Waals surface area contributed by atoms with Crippen molar-refractivity contribution in [3.63, 3.8) is 0 Å². The van der Waals surface area contributed by atoms with Gasteiger partial charge in [0, 0.05) is 12.6 Å².